The number of nitrogens with zero attached hydrogens (tertiary/aromatic N) is 6. The van der Waals surface area contributed by atoms with Crippen LogP contribution in [-0.2, 0) is 38.2 Å². The Balaban J connectivity index is 0.000000213. The fourth-order valence-corrected chi connectivity index (χ4v) is 15.9. The first-order valence-electron chi connectivity index (χ1n) is 85.6. The molecule has 0 radical (unpaired) electrons. The molecule has 0 aromatic heterocycles. The van der Waals surface area contributed by atoms with Crippen molar-refractivity contribution >= 4 is 0 Å². The molecule has 0 bridgehead atoms. The average Bonchev–Trinajstić information content (AvgIpc) is 0.625. The molecule has 18 unspecified atom stereocenters. The number of hydrogen-bond donors (Lipinski definition) is 6. The largest absolute Gasteiger partial charge is 0.493 e. The van der Waals surface area contributed by atoms with Gasteiger partial charge in [-0.25, -0.2) is 0 Å². The van der Waals surface area contributed by atoms with Crippen molar-refractivity contribution in [2.75, 3.05) is 163 Å². The van der Waals surface area contributed by atoms with E-state index >= 15 is 0 Å². The lowest BCUT2D eigenvalue weighted by Crippen LogP contribution is -2.48. The zero-order chi connectivity index (χ0) is 175. The number of piperidine rings is 6. The molecule has 6 fully saturated rings. The van der Waals surface area contributed by atoms with Crippen LogP contribution in [0.3, 0.4) is 0 Å². The summed E-state index contributed by atoms with van der Waals surface area (Å²) in [6.07, 6.45) is -63.7. The third-order valence-corrected chi connectivity index (χ3v) is 22.3. The molecule has 0 spiro atoms. The number of methoxy groups -OCH3 is 12. The Morgan fingerprint density at radius 1 is 0.300 bits per heavy atom. The zero-order valence-electron chi connectivity index (χ0n) is 164. The van der Waals surface area contributed by atoms with Crippen LogP contribution in [-0.4, -0.2) is 260 Å². The lowest BCUT2D eigenvalue weighted by atomic mass is 9.75. The van der Waals surface area contributed by atoms with Gasteiger partial charge in [0.2, 0.25) is 0 Å². The number of aryl methyl sites for hydroxylation is 6. The maximum absolute atomic E-state index is 11.6. The Bertz CT molecular complexity index is 8970. The Morgan fingerprint density at radius 3 is 0.764 bits per heavy atom. The molecule has 18 rings (SSSR count). The first-order chi connectivity index (χ1) is 98.5. The molecule has 0 amide bonds. The summed E-state index contributed by atoms with van der Waals surface area (Å²) in [6.45, 7) is -42.9. The third kappa shape index (κ3) is 26.3. The molecule has 12 heterocycles. The van der Waals surface area contributed by atoms with Crippen molar-refractivity contribution in [1.29, 1.82) is 0 Å². The molecule has 18 atom stereocenters. The number of benzene rings is 6. The van der Waals surface area contributed by atoms with Crippen LogP contribution in [0, 0.1) is 69.9 Å². The van der Waals surface area contributed by atoms with Crippen molar-refractivity contribution in [1.82, 2.24) is 29.4 Å². The molecule has 780 valence electrons. The van der Waals surface area contributed by atoms with Crippen molar-refractivity contribution in [3.8, 4) is 69.0 Å². The first-order valence-corrected chi connectivity index (χ1v) is 44.1. The third-order valence-electron chi connectivity index (χ3n) is 22.3. The molecular weight excluding hydrogens is 1770 g/mol. The van der Waals surface area contributed by atoms with Gasteiger partial charge in [-0.15, -0.1) is 0 Å². The van der Waals surface area contributed by atoms with E-state index in [0.29, 0.717) is 11.8 Å². The van der Waals surface area contributed by atoms with Gasteiger partial charge in [0.05, 0.1) is 148 Å². The van der Waals surface area contributed by atoms with Crippen molar-refractivity contribution in [2.45, 2.75) is 284 Å². The second kappa shape index (κ2) is 48.6. The number of rotatable bonds is 22. The highest BCUT2D eigenvalue weighted by Crippen LogP contribution is 2.53. The molecule has 6 aromatic rings. The second-order valence-electron chi connectivity index (χ2n) is 34.9. The number of hydrogen-bond acceptors (Lipinski definition) is 24. The lowest BCUT2D eigenvalue weighted by molar-refractivity contribution is -0.0259. The maximum Gasteiger partial charge on any atom is 0.161 e. The van der Waals surface area contributed by atoms with Crippen LogP contribution in [0.5, 0.6) is 69.0 Å². The fourth-order valence-electron chi connectivity index (χ4n) is 15.9. The Hall–Kier alpha value is -7.56. The summed E-state index contributed by atoms with van der Waals surface area (Å²) in [5.41, 5.74) is -14.1. The minimum Gasteiger partial charge on any atom is -0.493 e. The van der Waals surface area contributed by atoms with E-state index in [9.17, 15) is 38.9 Å². The summed E-state index contributed by atoms with van der Waals surface area (Å²) in [7, 11) is 1.55. The van der Waals surface area contributed by atoms with Gasteiger partial charge in [0.25, 0.3) is 0 Å². The number of aliphatic hydroxyl groups is 6. The molecule has 6 saturated heterocycles. The Morgan fingerprint density at radius 2 is 0.514 bits per heavy atom. The SMILES string of the molecule is [2H]C([2H])([2H])C(C)(C([2H])([2H])[2H])C([2H])([2H])C1([2H])C([2H])([2H])N2C([2H])([2H])C([2H])([2H])c3cc(OC)c(OC)cc3C2([2H])C([2H])([2H])C1([2H])O.[2H]C([2H])([2H])Oc1cc2c(cc1OC)C([2H])([2H])C([2H])([2H])N1C([2H])([2H])C([2H])(CC(C)C)C([2H])(O)C([2H])([2H])C21[2H].[2H]C([2H])([2H])Oc1cc2c(cc1OC)C([2H])([2H])C([2H])([2H])N1C2([2H])CC(O)C(C([2H])([2H])C(C)(C([2H])([2H])[2H])C([2H])([2H])[2H])C1([2H])[2H].[2H]C([2H])([2H])Oc1cc2c(cc1OC)C([2H])([2H])C([2H])([2H])N1C2([2H])CC(O)C(CC(C)C)C1([2H])[2H].[2H]C1([2H])c2cc(OC)c(OC)cc2C2([2H])N(C1([2H])[2H])C([2H])([2H])C([2H])(CC(C)C)C([2H])(O)C2([2H])[2H].[2H]C1([2H])c2cc(OC)c(OC)cc2C2([2H])N(C1([2H])[2H])C([2H])([2H])C([2H])(CC(C)C)C([2H])(O)C2([2H])[2H]. The van der Waals surface area contributed by atoms with Crippen molar-refractivity contribution < 1.29 is 201 Å². The molecule has 24 heteroatoms. The van der Waals surface area contributed by atoms with Crippen LogP contribution in [0.15, 0.2) is 72.8 Å². The number of ether oxygens (including phenoxy) is 12. The van der Waals surface area contributed by atoms with Crippen LogP contribution in [0.1, 0.15) is 390 Å². The monoisotopic (exact) mass is 2030 g/mol. The average molecular weight is 2030 g/mol. The van der Waals surface area contributed by atoms with Gasteiger partial charge in [-0.1, -0.05) is 96.6 Å². The predicted octanol–water partition coefficient (Wildman–Crippen LogP) is 19.0. The quantitative estimate of drug-likeness (QED) is 0.0369. The highest BCUT2D eigenvalue weighted by molar-refractivity contribution is 5.55. The molecule has 140 heavy (non-hydrogen) atoms. The normalized spacial score (nSPS) is 52.3. The van der Waals surface area contributed by atoms with Gasteiger partial charge < -0.3 is 87.5 Å². The van der Waals surface area contributed by atoms with E-state index in [4.69, 9.17) is 162 Å². The smallest absolute Gasteiger partial charge is 0.161 e. The summed E-state index contributed by atoms with van der Waals surface area (Å²) in [5, 5.41) is 67.4. The molecule has 0 saturated carbocycles. The van der Waals surface area contributed by atoms with E-state index in [1.807, 2.05) is 13.8 Å². The summed E-state index contributed by atoms with van der Waals surface area (Å²) < 4.78 is 767. The Labute approximate surface area is 956 Å². The van der Waals surface area contributed by atoms with Gasteiger partial charge in [0.1, 0.15) is 0 Å². The predicted molar refractivity (Wildman–Crippen MR) is 556 cm³/mol. The zero-order valence-corrected chi connectivity index (χ0v) is 80.6. The minimum absolute atomic E-state index is 0.00952. The van der Waals surface area contributed by atoms with E-state index in [0.717, 1.165) is 101 Å². The topological polar surface area (TPSA) is 252 Å². The molecule has 0 aliphatic carbocycles. The second-order valence-corrected chi connectivity index (χ2v) is 34.9. The summed E-state index contributed by atoms with van der Waals surface area (Å²) in [4.78, 5) is 0.0590. The van der Waals surface area contributed by atoms with Crippen LogP contribution < -0.4 is 56.8 Å². The van der Waals surface area contributed by atoms with Crippen molar-refractivity contribution in [3.63, 3.8) is 0 Å². The standard InChI is InChI=1S/2C20H31NO3.4C19H29NO3/c2*1-20(2,3)11-14-12-21-7-6-13-8-18(23-4)19(24-5)9-15(13)16(21)10-17(14)22;4*1-12(2)7-14-11-20-6-5-13-8-18(22-3)19(23-4)9-15(13)16(20)10-17(14)21/h2*8-9,14,16-17,22H,6-7,10-12H2,1-5H3;4*8-9,12,14,16-17,21H,5-7,10-11H2,1-4H3/i1D3,2D3,6D2,7D2,10D2,11D2,12D2,14D,16D,17D;1D3,2D3,5D3,6D2,7D2,11D2,12D2,16D;4D3,5D2,6D2,10D2,11D2,14D,16D,17D;2*5D2,6D2,10D2,11D2,14D,16D,17D;4D3,5D2,6D2,11D2,16D. The summed E-state index contributed by atoms with van der Waals surface area (Å²) >= 11 is 0. The highest BCUT2D eigenvalue weighted by atomic mass is 16.5. The maximum atomic E-state index is 11.6. The van der Waals surface area contributed by atoms with Gasteiger partial charge in [-0.05, 0) is 324 Å². The number of aliphatic hydroxyl groups excluding tert-OH is 2. The Kier molecular flexibility index (Phi) is 15.4. The highest BCUT2D eigenvalue weighted by Gasteiger charge is 2.47. The molecule has 6 N–H and O–H groups in total. The van der Waals surface area contributed by atoms with Crippen LogP contribution >= 0.6 is 0 Å². The first kappa shape index (κ1) is 44.2. The van der Waals surface area contributed by atoms with Gasteiger partial charge in [0, 0.05) is 202 Å². The van der Waals surface area contributed by atoms with Gasteiger partial charge in [0.15, 0.2) is 69.0 Å². The van der Waals surface area contributed by atoms with Crippen molar-refractivity contribution in [2.24, 2.45) is 69.9 Å². The lowest BCUT2D eigenvalue weighted by Gasteiger charge is -2.47. The fraction of sp³-hybridized carbons (Fsp3) is 0.690. The van der Waals surface area contributed by atoms with Gasteiger partial charge in [-0.2, -0.15) is 0 Å². The number of fused-ring (bicyclic) bond motifs is 18. The molecular formula is C116H178N6O18. The van der Waals surface area contributed by atoms with Gasteiger partial charge >= 0.3 is 0 Å². The summed E-state index contributed by atoms with van der Waals surface area (Å²) in [5.74, 6) is -22.2. The molecule has 12 aliphatic rings. The molecule has 6 aromatic carbocycles. The van der Waals surface area contributed by atoms with E-state index < -0.39 is 444 Å². The van der Waals surface area contributed by atoms with Crippen LogP contribution in [0.2, 0.25) is 0 Å². The van der Waals surface area contributed by atoms with Crippen LogP contribution in [0.4, 0.5) is 0 Å². The van der Waals surface area contributed by atoms with E-state index in [1.165, 1.54) is 49.4 Å². The van der Waals surface area contributed by atoms with E-state index in [-0.39, 0.29) is 107 Å². The summed E-state index contributed by atoms with van der Waals surface area (Å²) in [6, 6.07) is -7.28. The van der Waals surface area contributed by atoms with Crippen LogP contribution in [0.25, 0.3) is 0 Å². The van der Waals surface area contributed by atoms with E-state index in [1.54, 1.807) is 27.7 Å². The van der Waals surface area contributed by atoms with Gasteiger partial charge in [-0.3, -0.25) is 29.4 Å². The van der Waals surface area contributed by atoms with E-state index in [2.05, 4.69) is 0 Å². The van der Waals surface area contributed by atoms with Crippen molar-refractivity contribution in [3.05, 3.63) is 140 Å². The molecule has 24 nitrogen and oxygen atoms in total. The molecule has 12 aliphatic heterocycles. The minimum atomic E-state index is -4.61.